The molecule has 0 unspecified atom stereocenters. The molecule has 4 nitrogen and oxygen atoms in total. The maximum absolute atomic E-state index is 11.4. The highest BCUT2D eigenvalue weighted by Gasteiger charge is 2.52. The van der Waals surface area contributed by atoms with Gasteiger partial charge in [0.15, 0.2) is 0 Å². The molecular formula is C19H24BNO3S. The summed E-state index contributed by atoms with van der Waals surface area (Å²) in [5.74, 6) is -0.0730. The molecule has 1 saturated heterocycles. The van der Waals surface area contributed by atoms with E-state index in [1.807, 2.05) is 27.7 Å². The third kappa shape index (κ3) is 3.81. The van der Waals surface area contributed by atoms with E-state index < -0.39 is 18.3 Å². The molecule has 1 aliphatic rings. The van der Waals surface area contributed by atoms with Crippen LogP contribution in [0, 0.1) is 0 Å². The Morgan fingerprint density at radius 2 is 1.88 bits per heavy atom. The molecule has 2 aromatic rings. The van der Waals surface area contributed by atoms with Crippen LogP contribution in [0.4, 0.5) is 0 Å². The number of carbonyl (C=O) groups is 1. The average molecular weight is 357 g/mol. The Labute approximate surface area is 153 Å². The van der Waals surface area contributed by atoms with Gasteiger partial charge in [-0.25, -0.2) is 0 Å². The van der Waals surface area contributed by atoms with E-state index in [-0.39, 0.29) is 5.91 Å². The highest BCUT2D eigenvalue weighted by atomic mass is 32.1. The van der Waals surface area contributed by atoms with Crippen molar-refractivity contribution in [3.63, 3.8) is 0 Å². The first kappa shape index (κ1) is 18.2. The molecule has 1 N–H and O–H groups in total. The van der Waals surface area contributed by atoms with E-state index in [1.165, 1.54) is 17.0 Å². The van der Waals surface area contributed by atoms with E-state index in [1.54, 1.807) is 11.3 Å². The molecule has 25 heavy (non-hydrogen) atoms. The van der Waals surface area contributed by atoms with Crippen molar-refractivity contribution in [3.05, 3.63) is 40.7 Å². The summed E-state index contributed by atoms with van der Waals surface area (Å²) in [6.45, 7) is 10.0. The minimum absolute atomic E-state index is 0.0730. The molecule has 6 heteroatoms. The quantitative estimate of drug-likeness (QED) is 0.840. The molecule has 1 aliphatic heterocycles. The van der Waals surface area contributed by atoms with Crippen LogP contribution in [0.5, 0.6) is 0 Å². The molecule has 0 saturated carbocycles. The standard InChI is InChI=1S/C19H24BNO3S/c1-13(22)21-12-16(20-23-18(2,3)19(4,5)24-20)10-14-6-7-15-8-9-25-17(15)11-14/h6-11H,12H2,1-5H3,(H,21,22). The highest BCUT2D eigenvalue weighted by molar-refractivity contribution is 7.17. The Hall–Kier alpha value is -1.63. The molecule has 0 atom stereocenters. The zero-order valence-electron chi connectivity index (χ0n) is 15.4. The number of amides is 1. The number of carbonyl (C=O) groups excluding carboxylic acids is 1. The average Bonchev–Trinajstić information content (AvgIpc) is 3.05. The van der Waals surface area contributed by atoms with Crippen LogP contribution in [0.15, 0.2) is 35.1 Å². The molecule has 2 heterocycles. The van der Waals surface area contributed by atoms with Crippen LogP contribution in [-0.2, 0) is 14.1 Å². The van der Waals surface area contributed by atoms with Gasteiger partial charge in [0, 0.05) is 18.2 Å². The van der Waals surface area contributed by atoms with Gasteiger partial charge in [-0.05, 0) is 61.6 Å². The van der Waals surface area contributed by atoms with E-state index in [9.17, 15) is 4.79 Å². The summed E-state index contributed by atoms with van der Waals surface area (Å²) in [5, 5.41) is 6.19. The Morgan fingerprint density at radius 1 is 1.20 bits per heavy atom. The topological polar surface area (TPSA) is 47.6 Å². The third-order valence-electron chi connectivity index (χ3n) is 4.93. The second kappa shape index (κ2) is 6.59. The van der Waals surface area contributed by atoms with Crippen molar-refractivity contribution in [2.24, 2.45) is 0 Å². The summed E-state index contributed by atoms with van der Waals surface area (Å²) in [6, 6.07) is 8.45. The van der Waals surface area contributed by atoms with Crippen LogP contribution < -0.4 is 5.32 Å². The van der Waals surface area contributed by atoms with Gasteiger partial charge >= 0.3 is 7.12 Å². The van der Waals surface area contributed by atoms with E-state index in [2.05, 4.69) is 41.0 Å². The minimum Gasteiger partial charge on any atom is -0.400 e. The molecule has 0 radical (unpaired) electrons. The molecule has 1 fully saturated rings. The fourth-order valence-electron chi connectivity index (χ4n) is 2.70. The van der Waals surface area contributed by atoms with Gasteiger partial charge in [-0.3, -0.25) is 4.79 Å². The molecule has 1 aromatic heterocycles. The normalized spacial score (nSPS) is 19.4. The van der Waals surface area contributed by atoms with Gasteiger partial charge in [-0.2, -0.15) is 0 Å². The lowest BCUT2D eigenvalue weighted by molar-refractivity contribution is -0.118. The summed E-state index contributed by atoms with van der Waals surface area (Å²) in [6.07, 6.45) is 2.05. The molecule has 0 aliphatic carbocycles. The van der Waals surface area contributed by atoms with Crippen LogP contribution in [0.3, 0.4) is 0 Å². The first-order valence-corrected chi connectivity index (χ1v) is 9.34. The van der Waals surface area contributed by atoms with Crippen LogP contribution in [0.25, 0.3) is 16.2 Å². The number of hydrogen-bond acceptors (Lipinski definition) is 4. The molecule has 3 rings (SSSR count). The van der Waals surface area contributed by atoms with E-state index in [0.29, 0.717) is 6.54 Å². The van der Waals surface area contributed by atoms with E-state index >= 15 is 0 Å². The zero-order chi connectivity index (χ0) is 18.2. The molecule has 1 amide bonds. The zero-order valence-corrected chi connectivity index (χ0v) is 16.2. The summed E-state index contributed by atoms with van der Waals surface area (Å²) >= 11 is 1.72. The molecule has 1 aromatic carbocycles. The maximum Gasteiger partial charge on any atom is 0.492 e. The number of fused-ring (bicyclic) bond motifs is 1. The van der Waals surface area contributed by atoms with Crippen molar-refractivity contribution in [2.45, 2.75) is 45.8 Å². The monoisotopic (exact) mass is 357 g/mol. The molecule has 0 spiro atoms. The van der Waals surface area contributed by atoms with Crippen molar-refractivity contribution in [2.75, 3.05) is 6.54 Å². The van der Waals surface area contributed by atoms with E-state index in [4.69, 9.17) is 9.31 Å². The van der Waals surface area contributed by atoms with Crippen molar-refractivity contribution in [1.29, 1.82) is 0 Å². The predicted octanol–water partition coefficient (Wildman–Crippen LogP) is 4.05. The van der Waals surface area contributed by atoms with Crippen molar-refractivity contribution in [3.8, 4) is 0 Å². The van der Waals surface area contributed by atoms with E-state index in [0.717, 1.165) is 11.0 Å². The maximum atomic E-state index is 11.4. The lowest BCUT2D eigenvalue weighted by Gasteiger charge is -2.32. The number of rotatable bonds is 4. The molecule has 0 bridgehead atoms. The second-order valence-electron chi connectivity index (χ2n) is 7.44. The van der Waals surface area contributed by atoms with Crippen molar-refractivity contribution >= 4 is 40.5 Å². The van der Waals surface area contributed by atoms with Crippen LogP contribution in [0.1, 0.15) is 40.2 Å². The summed E-state index contributed by atoms with van der Waals surface area (Å²) in [4.78, 5) is 11.4. The van der Waals surface area contributed by atoms with Gasteiger partial charge in [0.2, 0.25) is 5.91 Å². The fourth-order valence-corrected chi connectivity index (χ4v) is 3.54. The summed E-state index contributed by atoms with van der Waals surface area (Å²) in [5.41, 5.74) is 1.16. The predicted molar refractivity (Wildman–Crippen MR) is 105 cm³/mol. The minimum atomic E-state index is -0.476. The molecular weight excluding hydrogens is 333 g/mol. The van der Waals surface area contributed by atoms with Crippen LogP contribution >= 0.6 is 11.3 Å². The van der Waals surface area contributed by atoms with Gasteiger partial charge in [0.1, 0.15) is 0 Å². The van der Waals surface area contributed by atoms with Gasteiger partial charge in [0.05, 0.1) is 11.2 Å². The van der Waals surface area contributed by atoms with Gasteiger partial charge < -0.3 is 14.6 Å². The Kier molecular flexibility index (Phi) is 4.79. The number of hydrogen-bond donors (Lipinski definition) is 1. The molecule has 132 valence electrons. The third-order valence-corrected chi connectivity index (χ3v) is 5.81. The van der Waals surface area contributed by atoms with Crippen LogP contribution in [-0.4, -0.2) is 30.8 Å². The number of benzene rings is 1. The Balaban J connectivity index is 1.92. The smallest absolute Gasteiger partial charge is 0.400 e. The summed E-state index contributed by atoms with van der Waals surface area (Å²) < 4.78 is 13.6. The van der Waals surface area contributed by atoms with Crippen molar-refractivity contribution < 1.29 is 14.1 Å². The fraction of sp³-hybridized carbons (Fsp3) is 0.421. The largest absolute Gasteiger partial charge is 0.492 e. The second-order valence-corrected chi connectivity index (χ2v) is 8.38. The van der Waals surface area contributed by atoms with Crippen LogP contribution in [0.2, 0.25) is 0 Å². The highest BCUT2D eigenvalue weighted by Crippen LogP contribution is 2.38. The lowest BCUT2D eigenvalue weighted by atomic mass is 9.77. The Bertz CT molecular complexity index is 809. The first-order valence-electron chi connectivity index (χ1n) is 8.46. The lowest BCUT2D eigenvalue weighted by Crippen LogP contribution is -2.41. The van der Waals surface area contributed by atoms with Crippen molar-refractivity contribution in [1.82, 2.24) is 5.32 Å². The first-order chi connectivity index (χ1) is 11.7. The van der Waals surface area contributed by atoms with Gasteiger partial charge in [0.25, 0.3) is 0 Å². The number of thiophene rings is 1. The SMILES string of the molecule is CC(=O)NCC(=Cc1ccc2ccsc2c1)B1OC(C)(C)C(C)(C)O1. The van der Waals surface area contributed by atoms with Gasteiger partial charge in [-0.15, -0.1) is 11.3 Å². The Morgan fingerprint density at radius 3 is 2.52 bits per heavy atom. The summed E-state index contributed by atoms with van der Waals surface area (Å²) in [7, 11) is -0.476. The van der Waals surface area contributed by atoms with Gasteiger partial charge in [-0.1, -0.05) is 18.2 Å². The number of nitrogens with one attached hydrogen (secondary N) is 1.